The molecule has 0 aromatic carbocycles. The van der Waals surface area contributed by atoms with Crippen LogP contribution in [0.5, 0.6) is 0 Å². The molecule has 1 saturated carbocycles. The molecule has 2 aliphatic rings. The second-order valence-electron chi connectivity index (χ2n) is 8.19. The van der Waals surface area contributed by atoms with Crippen molar-refractivity contribution in [1.82, 2.24) is 15.2 Å². The third kappa shape index (κ3) is 4.65. The van der Waals surface area contributed by atoms with Crippen molar-refractivity contribution in [1.29, 1.82) is 0 Å². The maximum Gasteiger partial charge on any atom is 0.263 e. The van der Waals surface area contributed by atoms with E-state index in [1.165, 1.54) is 32.1 Å². The van der Waals surface area contributed by atoms with Crippen molar-refractivity contribution in [2.75, 3.05) is 32.8 Å². The number of morpholine rings is 1. The van der Waals surface area contributed by atoms with E-state index in [0.717, 1.165) is 54.8 Å². The Hall–Kier alpha value is -0.980. The fourth-order valence-corrected chi connectivity index (χ4v) is 5.47. The van der Waals surface area contributed by atoms with Crippen molar-refractivity contribution in [2.24, 2.45) is 5.92 Å². The minimum absolute atomic E-state index is 0.0493. The van der Waals surface area contributed by atoms with E-state index in [1.807, 2.05) is 6.92 Å². The first kappa shape index (κ1) is 19.8. The Morgan fingerprint density at radius 1 is 1.27 bits per heavy atom. The van der Waals surface area contributed by atoms with Gasteiger partial charge in [-0.15, -0.1) is 11.3 Å². The molecule has 1 aromatic heterocycles. The van der Waals surface area contributed by atoms with Gasteiger partial charge in [0.2, 0.25) is 0 Å². The third-order valence-electron chi connectivity index (χ3n) is 5.67. The minimum Gasteiger partial charge on any atom is -0.379 e. The second-order valence-corrected chi connectivity index (χ2v) is 9.27. The molecular weight excluding hydrogens is 346 g/mol. The maximum absolute atomic E-state index is 12.8. The molecule has 1 amide bonds. The fourth-order valence-electron chi connectivity index (χ4n) is 4.28. The molecule has 1 aliphatic heterocycles. The number of rotatable bonds is 6. The molecular formula is C20H33N3O2S. The van der Waals surface area contributed by atoms with E-state index in [1.54, 1.807) is 11.3 Å². The van der Waals surface area contributed by atoms with Crippen LogP contribution in [0.15, 0.2) is 0 Å². The Kier molecular flexibility index (Phi) is 6.70. The topological polar surface area (TPSA) is 54.5 Å². The highest BCUT2D eigenvalue weighted by atomic mass is 32.1. The highest BCUT2D eigenvalue weighted by Crippen LogP contribution is 2.34. The molecule has 0 bridgehead atoms. The zero-order valence-corrected chi connectivity index (χ0v) is 17.3. The van der Waals surface area contributed by atoms with Crippen molar-refractivity contribution < 1.29 is 9.53 Å². The van der Waals surface area contributed by atoms with Gasteiger partial charge in [-0.05, 0) is 25.7 Å². The summed E-state index contributed by atoms with van der Waals surface area (Å²) in [6.45, 7) is 10.6. The normalized spacial score (nSPS) is 21.1. The molecule has 0 radical (unpaired) electrons. The molecule has 0 atom stereocenters. The van der Waals surface area contributed by atoms with Gasteiger partial charge in [-0.2, -0.15) is 0 Å². The van der Waals surface area contributed by atoms with Crippen LogP contribution in [-0.4, -0.2) is 54.2 Å². The monoisotopic (exact) mass is 379 g/mol. The van der Waals surface area contributed by atoms with Gasteiger partial charge in [0, 0.05) is 31.6 Å². The summed E-state index contributed by atoms with van der Waals surface area (Å²) in [4.78, 5) is 20.8. The largest absolute Gasteiger partial charge is 0.379 e. The molecule has 5 nitrogen and oxygen atoms in total. The number of ether oxygens (including phenoxy) is 1. The Labute approximate surface area is 161 Å². The van der Waals surface area contributed by atoms with Gasteiger partial charge in [-0.1, -0.05) is 33.1 Å². The third-order valence-corrected chi connectivity index (χ3v) is 6.85. The van der Waals surface area contributed by atoms with Crippen LogP contribution >= 0.6 is 11.3 Å². The lowest BCUT2D eigenvalue weighted by molar-refractivity contribution is -0.0361. The molecule has 0 unspecified atom stereocenters. The van der Waals surface area contributed by atoms with Gasteiger partial charge in [0.1, 0.15) is 4.88 Å². The summed E-state index contributed by atoms with van der Waals surface area (Å²) >= 11 is 1.56. The predicted octanol–water partition coefficient (Wildman–Crippen LogP) is 3.41. The van der Waals surface area contributed by atoms with Crippen LogP contribution in [0.1, 0.15) is 66.3 Å². The fraction of sp³-hybridized carbons (Fsp3) is 0.800. The zero-order valence-electron chi connectivity index (χ0n) is 16.5. The van der Waals surface area contributed by atoms with Crippen LogP contribution in [0.3, 0.4) is 0 Å². The van der Waals surface area contributed by atoms with Crippen molar-refractivity contribution in [3.63, 3.8) is 0 Å². The van der Waals surface area contributed by atoms with E-state index in [-0.39, 0.29) is 11.4 Å². The Morgan fingerprint density at radius 2 is 1.96 bits per heavy atom. The Bertz CT molecular complexity index is 602. The number of amides is 1. The molecule has 1 saturated heterocycles. The summed E-state index contributed by atoms with van der Waals surface area (Å²) in [6, 6.07) is 0. The van der Waals surface area contributed by atoms with E-state index in [9.17, 15) is 4.79 Å². The molecule has 1 aliphatic carbocycles. The number of thiazole rings is 1. The van der Waals surface area contributed by atoms with Crippen LogP contribution in [0.4, 0.5) is 0 Å². The van der Waals surface area contributed by atoms with E-state index in [0.29, 0.717) is 5.92 Å². The van der Waals surface area contributed by atoms with Crippen LogP contribution in [0.2, 0.25) is 0 Å². The molecule has 6 heteroatoms. The summed E-state index contributed by atoms with van der Waals surface area (Å²) in [5.41, 5.74) is 0.976. The van der Waals surface area contributed by atoms with Crippen molar-refractivity contribution in [3.8, 4) is 0 Å². The molecule has 26 heavy (non-hydrogen) atoms. The smallest absolute Gasteiger partial charge is 0.263 e. The SMILES string of the molecule is Cc1nc(CC(C)C)sc1C(=O)NCC1(N2CCOCC2)CCCCC1. The van der Waals surface area contributed by atoms with E-state index >= 15 is 0 Å². The minimum atomic E-state index is 0.0493. The van der Waals surface area contributed by atoms with Gasteiger partial charge >= 0.3 is 0 Å². The zero-order chi connectivity index (χ0) is 18.6. The molecule has 146 valence electrons. The lowest BCUT2D eigenvalue weighted by atomic mass is 9.79. The van der Waals surface area contributed by atoms with Gasteiger partial charge < -0.3 is 10.1 Å². The predicted molar refractivity (Wildman–Crippen MR) is 106 cm³/mol. The lowest BCUT2D eigenvalue weighted by Crippen LogP contribution is -2.59. The van der Waals surface area contributed by atoms with Crippen molar-refractivity contribution in [3.05, 3.63) is 15.6 Å². The Balaban J connectivity index is 1.66. The quantitative estimate of drug-likeness (QED) is 0.823. The van der Waals surface area contributed by atoms with Crippen molar-refractivity contribution >= 4 is 17.2 Å². The first-order chi connectivity index (χ1) is 12.5. The summed E-state index contributed by atoms with van der Waals surface area (Å²) < 4.78 is 5.54. The average Bonchev–Trinajstić information content (AvgIpc) is 3.01. The highest BCUT2D eigenvalue weighted by molar-refractivity contribution is 7.13. The number of aromatic nitrogens is 1. The van der Waals surface area contributed by atoms with Crippen LogP contribution in [0, 0.1) is 12.8 Å². The van der Waals surface area contributed by atoms with Crippen molar-refractivity contribution in [2.45, 2.75) is 64.8 Å². The number of carbonyl (C=O) groups is 1. The maximum atomic E-state index is 12.8. The molecule has 1 N–H and O–H groups in total. The number of hydrogen-bond acceptors (Lipinski definition) is 5. The Morgan fingerprint density at radius 3 is 2.62 bits per heavy atom. The van der Waals surface area contributed by atoms with Crippen LogP contribution in [0.25, 0.3) is 0 Å². The number of nitrogens with zero attached hydrogens (tertiary/aromatic N) is 2. The van der Waals surface area contributed by atoms with Gasteiger partial charge in [0.25, 0.3) is 5.91 Å². The van der Waals surface area contributed by atoms with Gasteiger partial charge in [0.05, 0.1) is 23.9 Å². The lowest BCUT2D eigenvalue weighted by Gasteiger charge is -2.48. The first-order valence-electron chi connectivity index (χ1n) is 10.1. The number of aryl methyl sites for hydroxylation is 1. The molecule has 2 fully saturated rings. The average molecular weight is 380 g/mol. The van der Waals surface area contributed by atoms with Crippen LogP contribution < -0.4 is 5.32 Å². The molecule has 1 aromatic rings. The highest BCUT2D eigenvalue weighted by Gasteiger charge is 2.39. The summed E-state index contributed by atoms with van der Waals surface area (Å²) in [7, 11) is 0. The van der Waals surface area contributed by atoms with E-state index in [4.69, 9.17) is 4.74 Å². The van der Waals surface area contributed by atoms with Gasteiger partial charge in [-0.3, -0.25) is 9.69 Å². The molecule has 3 rings (SSSR count). The second kappa shape index (κ2) is 8.81. The standard InChI is InChI=1S/C20H33N3O2S/c1-15(2)13-17-22-16(3)18(26-17)19(24)21-14-20(7-5-4-6-8-20)23-9-11-25-12-10-23/h15H,4-14H2,1-3H3,(H,21,24). The van der Waals surface area contributed by atoms with Gasteiger partial charge in [0.15, 0.2) is 0 Å². The molecule has 0 spiro atoms. The number of nitrogens with one attached hydrogen (secondary N) is 1. The first-order valence-corrected chi connectivity index (χ1v) is 10.9. The number of carbonyl (C=O) groups excluding carboxylic acids is 1. The van der Waals surface area contributed by atoms with E-state index in [2.05, 4.69) is 29.0 Å². The summed E-state index contributed by atoms with van der Waals surface area (Å²) in [6.07, 6.45) is 7.11. The number of hydrogen-bond donors (Lipinski definition) is 1. The van der Waals surface area contributed by atoms with Gasteiger partial charge in [-0.25, -0.2) is 4.98 Å². The molecule has 2 heterocycles. The summed E-state index contributed by atoms with van der Waals surface area (Å²) in [5.74, 6) is 0.608. The summed E-state index contributed by atoms with van der Waals surface area (Å²) in [5, 5.41) is 4.34. The van der Waals surface area contributed by atoms with E-state index < -0.39 is 0 Å². The van der Waals surface area contributed by atoms with Crippen LogP contribution in [-0.2, 0) is 11.2 Å².